The van der Waals surface area contributed by atoms with Gasteiger partial charge in [-0.1, -0.05) is 0 Å². The van der Waals surface area contributed by atoms with Crippen LogP contribution in [0.4, 0.5) is 14.5 Å². The quantitative estimate of drug-likeness (QED) is 0.484. The molecule has 0 spiro atoms. The van der Waals surface area contributed by atoms with Crippen molar-refractivity contribution in [1.82, 2.24) is 4.31 Å². The van der Waals surface area contributed by atoms with Crippen molar-refractivity contribution in [2.24, 2.45) is 0 Å². The number of nitrogens with zero attached hydrogens (tertiary/aromatic N) is 1. The van der Waals surface area contributed by atoms with Gasteiger partial charge in [-0.2, -0.15) is 4.31 Å². The first kappa shape index (κ1) is 24.6. The molecule has 0 aliphatic rings. The van der Waals surface area contributed by atoms with E-state index in [1.807, 2.05) is 0 Å². The molecule has 0 aromatic heterocycles. The molecule has 1 amide bonds. The predicted octanol–water partition coefficient (Wildman–Crippen LogP) is 4.58. The fourth-order valence-electron chi connectivity index (χ4n) is 2.41. The fourth-order valence-corrected chi connectivity index (χ4v) is 4.55. The van der Waals surface area contributed by atoms with Gasteiger partial charge in [0.15, 0.2) is 0 Å². The summed E-state index contributed by atoms with van der Waals surface area (Å²) in [4.78, 5) is 12.3. The Balaban J connectivity index is 2.09. The Morgan fingerprint density at radius 1 is 1.00 bits per heavy atom. The first-order valence-electron chi connectivity index (χ1n) is 8.46. The SMILES string of the molecule is O=C(Nc1ccc(OC(F)(F)Cl)cc1)c1ccc(S(=O)(=O)N(CCCl)CCCl)cc1. The van der Waals surface area contributed by atoms with Gasteiger partial charge in [0.2, 0.25) is 10.0 Å². The number of carbonyl (C=O) groups excluding carboxylic acids is 1. The Morgan fingerprint density at radius 3 is 2.00 bits per heavy atom. The second kappa shape index (κ2) is 10.6. The number of ether oxygens (including phenoxy) is 1. The molecule has 0 bridgehead atoms. The molecule has 164 valence electrons. The van der Waals surface area contributed by atoms with Crippen LogP contribution >= 0.6 is 34.8 Å². The Labute approximate surface area is 187 Å². The highest BCUT2D eigenvalue weighted by Crippen LogP contribution is 2.26. The van der Waals surface area contributed by atoms with Gasteiger partial charge in [-0.3, -0.25) is 4.79 Å². The molecule has 1 N–H and O–H groups in total. The van der Waals surface area contributed by atoms with Crippen LogP contribution in [0.1, 0.15) is 10.4 Å². The molecule has 0 unspecified atom stereocenters. The Morgan fingerprint density at radius 2 is 1.53 bits per heavy atom. The maximum absolute atomic E-state index is 12.6. The highest BCUT2D eigenvalue weighted by Gasteiger charge is 2.27. The monoisotopic (exact) mass is 500 g/mol. The van der Waals surface area contributed by atoms with Crippen molar-refractivity contribution in [3.63, 3.8) is 0 Å². The van der Waals surface area contributed by atoms with Gasteiger partial charge in [-0.15, -0.1) is 32.0 Å². The number of hydrogen-bond donors (Lipinski definition) is 1. The van der Waals surface area contributed by atoms with Gasteiger partial charge >= 0.3 is 5.57 Å². The Hall–Kier alpha value is -1.65. The fraction of sp³-hybridized carbons (Fsp3) is 0.278. The lowest BCUT2D eigenvalue weighted by Crippen LogP contribution is -2.34. The molecule has 6 nitrogen and oxygen atoms in total. The lowest BCUT2D eigenvalue weighted by Gasteiger charge is -2.20. The van der Waals surface area contributed by atoms with E-state index in [4.69, 9.17) is 23.2 Å². The van der Waals surface area contributed by atoms with E-state index in [0.29, 0.717) is 5.69 Å². The van der Waals surface area contributed by atoms with Gasteiger partial charge in [0.25, 0.3) is 5.91 Å². The van der Waals surface area contributed by atoms with E-state index in [1.165, 1.54) is 48.5 Å². The van der Waals surface area contributed by atoms with E-state index in [0.717, 1.165) is 4.31 Å². The normalized spacial score (nSPS) is 12.1. The van der Waals surface area contributed by atoms with Gasteiger partial charge in [0.1, 0.15) is 5.75 Å². The van der Waals surface area contributed by atoms with E-state index >= 15 is 0 Å². The lowest BCUT2D eigenvalue weighted by molar-refractivity contribution is -0.0964. The number of benzene rings is 2. The molecule has 0 aliphatic carbocycles. The summed E-state index contributed by atoms with van der Waals surface area (Å²) in [5, 5.41) is 2.56. The second-order valence-corrected chi connectivity index (χ2v) is 8.97. The molecule has 0 radical (unpaired) electrons. The largest absolute Gasteiger partial charge is 0.487 e. The first-order chi connectivity index (χ1) is 14.1. The predicted molar refractivity (Wildman–Crippen MR) is 112 cm³/mol. The zero-order valence-electron chi connectivity index (χ0n) is 15.3. The third-order valence-electron chi connectivity index (χ3n) is 3.77. The number of halogens is 5. The van der Waals surface area contributed by atoms with Gasteiger partial charge in [0, 0.05) is 47.7 Å². The zero-order valence-corrected chi connectivity index (χ0v) is 18.4. The molecule has 12 heteroatoms. The summed E-state index contributed by atoms with van der Waals surface area (Å²) in [5.41, 5.74) is -3.32. The van der Waals surface area contributed by atoms with Crippen LogP contribution in [0.15, 0.2) is 53.4 Å². The third kappa shape index (κ3) is 6.95. The van der Waals surface area contributed by atoms with Crippen LogP contribution in [-0.2, 0) is 10.0 Å². The van der Waals surface area contributed by atoms with Crippen LogP contribution in [0.3, 0.4) is 0 Å². The average molecular weight is 502 g/mol. The highest BCUT2D eigenvalue weighted by molar-refractivity contribution is 7.89. The lowest BCUT2D eigenvalue weighted by atomic mass is 10.2. The second-order valence-electron chi connectivity index (χ2n) is 5.83. The van der Waals surface area contributed by atoms with Crippen molar-refractivity contribution in [1.29, 1.82) is 0 Å². The molecule has 2 aromatic carbocycles. The summed E-state index contributed by atoms with van der Waals surface area (Å²) in [6.45, 7) is 0.211. The third-order valence-corrected chi connectivity index (χ3v) is 6.10. The maximum atomic E-state index is 12.6. The summed E-state index contributed by atoms with van der Waals surface area (Å²) in [6, 6.07) is 10.4. The zero-order chi connectivity index (χ0) is 22.4. The summed E-state index contributed by atoms with van der Waals surface area (Å²) in [7, 11) is -3.80. The molecule has 2 aromatic rings. The Kier molecular flexibility index (Phi) is 8.69. The molecule has 0 saturated heterocycles. The smallest absolute Gasteiger partial charge is 0.420 e. The van der Waals surface area contributed by atoms with E-state index < -0.39 is 21.5 Å². The van der Waals surface area contributed by atoms with Gasteiger partial charge in [-0.25, -0.2) is 8.42 Å². The minimum atomic E-state index is -3.84. The highest BCUT2D eigenvalue weighted by atomic mass is 35.5. The van der Waals surface area contributed by atoms with Crippen LogP contribution < -0.4 is 10.1 Å². The van der Waals surface area contributed by atoms with Crippen LogP contribution in [-0.4, -0.2) is 49.0 Å². The van der Waals surface area contributed by atoms with Crippen molar-refractivity contribution in [2.45, 2.75) is 10.5 Å². The molecule has 2 rings (SSSR count). The summed E-state index contributed by atoms with van der Waals surface area (Å²) >= 11 is 16.0. The number of nitrogens with one attached hydrogen (secondary N) is 1. The van der Waals surface area contributed by atoms with Crippen molar-refractivity contribution < 1.29 is 26.7 Å². The number of amides is 1. The molecule has 30 heavy (non-hydrogen) atoms. The van der Waals surface area contributed by atoms with Crippen molar-refractivity contribution in [2.75, 3.05) is 30.2 Å². The first-order valence-corrected chi connectivity index (χ1v) is 11.3. The van der Waals surface area contributed by atoms with Crippen molar-refractivity contribution in [3.05, 3.63) is 54.1 Å². The number of hydrogen-bond acceptors (Lipinski definition) is 4. The maximum Gasteiger partial charge on any atom is 0.487 e. The Bertz CT molecular complexity index is 947. The van der Waals surface area contributed by atoms with Crippen LogP contribution in [0.25, 0.3) is 0 Å². The number of rotatable bonds is 10. The topological polar surface area (TPSA) is 75.7 Å². The minimum absolute atomic E-state index is 0.00205. The van der Waals surface area contributed by atoms with E-state index in [-0.39, 0.29) is 41.1 Å². The van der Waals surface area contributed by atoms with E-state index in [9.17, 15) is 22.0 Å². The molecular formula is C18H17Cl3F2N2O4S. The van der Waals surface area contributed by atoms with Gasteiger partial charge in [0.05, 0.1) is 4.90 Å². The summed E-state index contributed by atoms with van der Waals surface area (Å²) in [5.74, 6) is -0.471. The summed E-state index contributed by atoms with van der Waals surface area (Å²) in [6.07, 6.45) is 0. The molecule has 0 atom stereocenters. The molecule has 0 heterocycles. The average Bonchev–Trinajstić information content (AvgIpc) is 2.68. The minimum Gasteiger partial charge on any atom is -0.420 e. The van der Waals surface area contributed by atoms with Crippen LogP contribution in [0.5, 0.6) is 5.75 Å². The van der Waals surface area contributed by atoms with Crippen LogP contribution in [0, 0.1) is 0 Å². The van der Waals surface area contributed by atoms with Crippen molar-refractivity contribution in [3.8, 4) is 5.75 Å². The molecule has 0 fully saturated rings. The van der Waals surface area contributed by atoms with E-state index in [2.05, 4.69) is 21.7 Å². The van der Waals surface area contributed by atoms with Gasteiger partial charge < -0.3 is 10.1 Å². The number of alkyl halides is 5. The number of sulfonamides is 1. The molecule has 0 saturated carbocycles. The van der Waals surface area contributed by atoms with E-state index in [1.54, 1.807) is 0 Å². The standard InChI is InChI=1S/C18H17Cl3F2N2O4S/c19-9-11-25(12-10-20)30(27,28)16-7-1-13(2-8-16)17(26)24-14-3-5-15(6-4-14)29-18(21,22)23/h1-8H,9-12H2,(H,24,26). The van der Waals surface area contributed by atoms with Crippen molar-refractivity contribution >= 4 is 56.4 Å². The number of anilines is 1. The van der Waals surface area contributed by atoms with Gasteiger partial charge in [-0.05, 0) is 48.5 Å². The number of carbonyl (C=O) groups is 1. The van der Waals surface area contributed by atoms with Crippen LogP contribution in [0.2, 0.25) is 0 Å². The molecule has 0 aliphatic heterocycles. The molecular weight excluding hydrogens is 485 g/mol. The summed E-state index contributed by atoms with van der Waals surface area (Å²) < 4.78 is 55.9.